The third kappa shape index (κ3) is 2.17. The monoisotopic (exact) mass is 277 g/mol. The number of hydrogen-bond acceptors (Lipinski definition) is 1. The summed E-state index contributed by atoms with van der Waals surface area (Å²) in [6.45, 7) is 6.41. The summed E-state index contributed by atoms with van der Waals surface area (Å²) in [5, 5.41) is 12.4. The minimum absolute atomic E-state index is 0.0514. The average molecular weight is 277 g/mol. The van der Waals surface area contributed by atoms with E-state index < -0.39 is 0 Å². The zero-order chi connectivity index (χ0) is 15.2. The van der Waals surface area contributed by atoms with Gasteiger partial charge >= 0.3 is 0 Å². The van der Waals surface area contributed by atoms with E-state index in [1.165, 1.54) is 5.56 Å². The van der Waals surface area contributed by atoms with E-state index in [4.69, 9.17) is 0 Å². The molecule has 2 nitrogen and oxygen atoms in total. The molecule has 1 aliphatic rings. The van der Waals surface area contributed by atoms with Gasteiger partial charge in [-0.25, -0.2) is 0 Å². The number of benzene rings is 2. The first kappa shape index (κ1) is 13.6. The van der Waals surface area contributed by atoms with Crippen molar-refractivity contribution >= 4 is 17.1 Å². The molecule has 0 heterocycles. The molecule has 3 rings (SSSR count). The molecule has 0 bridgehead atoms. The molecule has 0 amide bonds. The molecule has 0 spiro atoms. The third-order valence-corrected chi connectivity index (χ3v) is 3.91. The average Bonchev–Trinajstić information content (AvgIpc) is 2.71. The molecule has 0 aromatic heterocycles. The molecule has 21 heavy (non-hydrogen) atoms. The molecule has 2 heteroatoms. The number of carbonyl (C=O) groups excluding carboxylic acids is 1. The quantitative estimate of drug-likeness (QED) is 0.757. The molecule has 0 N–H and O–H groups in total. The fourth-order valence-electron chi connectivity index (χ4n) is 2.65. The summed E-state index contributed by atoms with van der Waals surface area (Å²) in [5.41, 5.74) is 3.25. The molecule has 0 saturated carbocycles. The Kier molecular flexibility index (Phi) is 2.98. The highest BCUT2D eigenvalue weighted by Gasteiger charge is 2.31. The van der Waals surface area contributed by atoms with Gasteiger partial charge in [-0.15, -0.1) is 0 Å². The Morgan fingerprint density at radius 2 is 1.38 bits per heavy atom. The maximum atomic E-state index is 12.4. The van der Waals surface area contributed by atoms with Crippen molar-refractivity contribution in [3.8, 4) is 0 Å². The van der Waals surface area contributed by atoms with Crippen LogP contribution >= 0.6 is 0 Å². The summed E-state index contributed by atoms with van der Waals surface area (Å²) >= 11 is 0. The van der Waals surface area contributed by atoms with Crippen LogP contribution in [0.1, 0.15) is 47.8 Å². The standard InChI is InChI=1S/C19H17O2/c1-19(2,3)13-10-8-12(9-11-13)16-17(20)14-6-4-5-7-15(14)18(16)21/h4-11H,1-3H3. The minimum Gasteiger partial charge on any atom is -0.288 e. The lowest BCUT2D eigenvalue weighted by atomic mass is 9.86. The van der Waals surface area contributed by atoms with E-state index in [2.05, 4.69) is 20.8 Å². The highest BCUT2D eigenvalue weighted by Crippen LogP contribution is 2.37. The normalized spacial score (nSPS) is 14.5. The van der Waals surface area contributed by atoms with Crippen molar-refractivity contribution in [2.75, 3.05) is 0 Å². The Morgan fingerprint density at radius 3 is 1.90 bits per heavy atom. The summed E-state index contributed by atoms with van der Waals surface area (Å²) in [5.74, 6) is -0.335. The fraction of sp³-hybridized carbons (Fsp3) is 0.211. The number of carbonyl (C=O) groups is 1. The first-order chi connectivity index (χ1) is 9.89. The van der Waals surface area contributed by atoms with Crippen LogP contribution in [0.5, 0.6) is 0 Å². The predicted molar refractivity (Wildman–Crippen MR) is 83.4 cm³/mol. The summed E-state index contributed by atoms with van der Waals surface area (Å²) in [6, 6.07) is 14.7. The van der Waals surface area contributed by atoms with E-state index in [0.29, 0.717) is 16.7 Å². The van der Waals surface area contributed by atoms with E-state index in [1.807, 2.05) is 24.3 Å². The highest BCUT2D eigenvalue weighted by atomic mass is 16.3. The minimum atomic E-state index is -0.167. The van der Waals surface area contributed by atoms with Crippen molar-refractivity contribution in [3.05, 3.63) is 70.8 Å². The predicted octanol–water partition coefficient (Wildman–Crippen LogP) is 4.48. The number of ketones is 1. The molecule has 0 saturated heterocycles. The summed E-state index contributed by atoms with van der Waals surface area (Å²) in [4.78, 5) is 12.4. The number of fused-ring (bicyclic) bond motifs is 1. The summed E-state index contributed by atoms with van der Waals surface area (Å²) in [6.07, 6.45) is 0. The van der Waals surface area contributed by atoms with E-state index in [1.54, 1.807) is 24.3 Å². The molecule has 1 radical (unpaired) electrons. The van der Waals surface area contributed by atoms with Gasteiger partial charge in [-0.2, -0.15) is 0 Å². The lowest BCUT2D eigenvalue weighted by molar-refractivity contribution is 0.105. The van der Waals surface area contributed by atoms with Crippen LogP contribution in [0.2, 0.25) is 0 Å². The lowest BCUT2D eigenvalue weighted by Crippen LogP contribution is -2.10. The second-order valence-corrected chi connectivity index (χ2v) is 6.41. The van der Waals surface area contributed by atoms with Gasteiger partial charge in [-0.3, -0.25) is 9.90 Å². The number of Topliss-reactive ketones (excluding diaryl/α,β-unsaturated/α-hetero) is 1. The topological polar surface area (TPSA) is 37.0 Å². The van der Waals surface area contributed by atoms with Crippen molar-refractivity contribution in [1.29, 1.82) is 0 Å². The van der Waals surface area contributed by atoms with Crippen LogP contribution in [-0.2, 0) is 10.5 Å². The number of rotatable bonds is 1. The van der Waals surface area contributed by atoms with E-state index >= 15 is 0 Å². The van der Waals surface area contributed by atoms with Gasteiger partial charge < -0.3 is 0 Å². The van der Waals surface area contributed by atoms with Crippen molar-refractivity contribution in [3.63, 3.8) is 0 Å². The van der Waals surface area contributed by atoms with Crippen LogP contribution in [-0.4, -0.2) is 5.78 Å². The zero-order valence-electron chi connectivity index (χ0n) is 12.4. The molecular weight excluding hydrogens is 260 g/mol. The van der Waals surface area contributed by atoms with Crippen molar-refractivity contribution in [2.45, 2.75) is 26.2 Å². The SMILES string of the molecule is CC(C)(C)c1ccc(C2=C([O])c3ccccc3C2=O)cc1. The van der Waals surface area contributed by atoms with Gasteiger partial charge in [0.15, 0.2) is 11.5 Å². The molecule has 0 fully saturated rings. The van der Waals surface area contributed by atoms with Gasteiger partial charge in [0.25, 0.3) is 0 Å². The van der Waals surface area contributed by atoms with Gasteiger partial charge in [-0.1, -0.05) is 69.3 Å². The smallest absolute Gasteiger partial charge is 0.198 e. The van der Waals surface area contributed by atoms with Crippen molar-refractivity contribution in [2.24, 2.45) is 0 Å². The van der Waals surface area contributed by atoms with Crippen molar-refractivity contribution in [1.82, 2.24) is 0 Å². The van der Waals surface area contributed by atoms with Crippen LogP contribution in [0.15, 0.2) is 48.5 Å². The molecule has 2 aromatic carbocycles. The second kappa shape index (κ2) is 4.59. The Hall–Kier alpha value is -2.35. The summed E-state index contributed by atoms with van der Waals surface area (Å²) in [7, 11) is 0. The van der Waals surface area contributed by atoms with E-state index in [9.17, 15) is 9.90 Å². The van der Waals surface area contributed by atoms with Gasteiger partial charge in [-0.05, 0) is 16.5 Å². The Labute approximate surface area is 124 Å². The number of hydrogen-bond donors (Lipinski definition) is 0. The first-order valence-electron chi connectivity index (χ1n) is 7.06. The number of allylic oxidation sites excluding steroid dienone is 1. The van der Waals surface area contributed by atoms with Crippen LogP contribution in [0.25, 0.3) is 11.3 Å². The first-order valence-corrected chi connectivity index (χ1v) is 7.06. The molecule has 105 valence electrons. The largest absolute Gasteiger partial charge is 0.288 e. The molecule has 0 unspecified atom stereocenters. The molecule has 2 aromatic rings. The molecular formula is C19H17O2. The Morgan fingerprint density at radius 1 is 0.810 bits per heavy atom. The molecule has 0 atom stereocenters. The maximum Gasteiger partial charge on any atom is 0.198 e. The van der Waals surface area contributed by atoms with E-state index in [-0.39, 0.29) is 22.5 Å². The van der Waals surface area contributed by atoms with Gasteiger partial charge in [0, 0.05) is 11.1 Å². The van der Waals surface area contributed by atoms with Crippen LogP contribution < -0.4 is 0 Å². The fourth-order valence-corrected chi connectivity index (χ4v) is 2.65. The third-order valence-electron chi connectivity index (χ3n) is 3.91. The van der Waals surface area contributed by atoms with Crippen LogP contribution in [0, 0.1) is 0 Å². The Bertz CT molecular complexity index is 744. The molecule has 1 aliphatic carbocycles. The van der Waals surface area contributed by atoms with Gasteiger partial charge in [0.2, 0.25) is 0 Å². The molecule has 0 aliphatic heterocycles. The second-order valence-electron chi connectivity index (χ2n) is 6.41. The lowest BCUT2D eigenvalue weighted by Gasteiger charge is -2.19. The van der Waals surface area contributed by atoms with Crippen LogP contribution in [0.4, 0.5) is 0 Å². The maximum absolute atomic E-state index is 12.4. The van der Waals surface area contributed by atoms with E-state index in [0.717, 1.165) is 0 Å². The van der Waals surface area contributed by atoms with Gasteiger partial charge in [0.05, 0.1) is 5.57 Å². The Balaban J connectivity index is 2.07. The van der Waals surface area contributed by atoms with Gasteiger partial charge in [0.1, 0.15) is 0 Å². The zero-order valence-corrected chi connectivity index (χ0v) is 12.4. The highest BCUT2D eigenvalue weighted by molar-refractivity contribution is 6.38. The van der Waals surface area contributed by atoms with Crippen molar-refractivity contribution < 1.29 is 9.90 Å². The summed E-state index contributed by atoms with van der Waals surface area (Å²) < 4.78 is 0. The van der Waals surface area contributed by atoms with Crippen LogP contribution in [0.3, 0.4) is 0 Å².